The van der Waals surface area contributed by atoms with Gasteiger partial charge in [0.05, 0.1) is 12.4 Å². The van der Waals surface area contributed by atoms with Gasteiger partial charge in [0.15, 0.2) is 0 Å². The quantitative estimate of drug-likeness (QED) is 0.708. The second-order valence-electron chi connectivity index (χ2n) is 4.61. The van der Waals surface area contributed by atoms with Crippen molar-refractivity contribution in [2.24, 2.45) is 11.7 Å². The van der Waals surface area contributed by atoms with E-state index in [1.54, 1.807) is 6.20 Å². The number of carbonyl (C=O) groups is 1. The van der Waals surface area contributed by atoms with E-state index in [4.69, 9.17) is 10.8 Å². The van der Waals surface area contributed by atoms with Gasteiger partial charge >= 0.3 is 0 Å². The van der Waals surface area contributed by atoms with Crippen LogP contribution in [0.5, 0.6) is 0 Å². The first-order valence-corrected chi connectivity index (χ1v) is 6.20. The predicted molar refractivity (Wildman–Crippen MR) is 67.0 cm³/mol. The fourth-order valence-corrected chi connectivity index (χ4v) is 2.48. The number of aromatic nitrogens is 2. The number of nitrogens with one attached hydrogen (secondary N) is 1. The SMILES string of the molecule is NC(=O)c1cncc(NC2CCCC2CCO)n1. The second kappa shape index (κ2) is 5.77. The van der Waals surface area contributed by atoms with Gasteiger partial charge in [-0.1, -0.05) is 6.42 Å². The minimum atomic E-state index is -0.579. The Balaban J connectivity index is 2.04. The number of anilines is 1. The monoisotopic (exact) mass is 250 g/mol. The average Bonchev–Trinajstić information content (AvgIpc) is 2.77. The molecule has 0 aliphatic heterocycles. The fraction of sp³-hybridized carbons (Fsp3) is 0.583. The second-order valence-corrected chi connectivity index (χ2v) is 4.61. The summed E-state index contributed by atoms with van der Waals surface area (Å²) in [4.78, 5) is 19.1. The lowest BCUT2D eigenvalue weighted by atomic mass is 10.0. The highest BCUT2D eigenvalue weighted by Crippen LogP contribution is 2.30. The lowest BCUT2D eigenvalue weighted by molar-refractivity contribution is 0.0995. The largest absolute Gasteiger partial charge is 0.396 e. The van der Waals surface area contributed by atoms with Crippen LogP contribution in [-0.2, 0) is 0 Å². The first-order valence-electron chi connectivity index (χ1n) is 6.20. The molecule has 0 spiro atoms. The molecule has 2 atom stereocenters. The van der Waals surface area contributed by atoms with Crippen molar-refractivity contribution in [1.29, 1.82) is 0 Å². The van der Waals surface area contributed by atoms with Crippen LogP contribution in [0, 0.1) is 5.92 Å². The van der Waals surface area contributed by atoms with Crippen molar-refractivity contribution >= 4 is 11.7 Å². The zero-order valence-corrected chi connectivity index (χ0v) is 10.2. The molecule has 0 bridgehead atoms. The number of hydrogen-bond acceptors (Lipinski definition) is 5. The molecule has 1 saturated carbocycles. The lowest BCUT2D eigenvalue weighted by Gasteiger charge is -2.20. The molecule has 4 N–H and O–H groups in total. The summed E-state index contributed by atoms with van der Waals surface area (Å²) in [6.45, 7) is 0.204. The Hall–Kier alpha value is -1.69. The predicted octanol–water partition coefficient (Wildman–Crippen LogP) is 0.538. The van der Waals surface area contributed by atoms with Crippen molar-refractivity contribution in [2.75, 3.05) is 11.9 Å². The molecule has 1 aromatic rings. The highest BCUT2D eigenvalue weighted by molar-refractivity contribution is 5.90. The Morgan fingerprint density at radius 1 is 1.50 bits per heavy atom. The molecule has 6 heteroatoms. The minimum Gasteiger partial charge on any atom is -0.396 e. The number of primary amides is 1. The molecule has 1 amide bonds. The van der Waals surface area contributed by atoms with Crippen molar-refractivity contribution in [3.05, 3.63) is 18.1 Å². The highest BCUT2D eigenvalue weighted by Gasteiger charge is 2.26. The van der Waals surface area contributed by atoms with Crippen LogP contribution in [0.1, 0.15) is 36.2 Å². The van der Waals surface area contributed by atoms with E-state index in [0.717, 1.165) is 25.7 Å². The highest BCUT2D eigenvalue weighted by atomic mass is 16.3. The Morgan fingerprint density at radius 3 is 3.06 bits per heavy atom. The molecule has 1 aliphatic rings. The Bertz CT molecular complexity index is 424. The molecular formula is C12H18N4O2. The van der Waals surface area contributed by atoms with Gasteiger partial charge in [0.1, 0.15) is 11.5 Å². The van der Waals surface area contributed by atoms with Crippen LogP contribution in [0.3, 0.4) is 0 Å². The minimum absolute atomic E-state index is 0.164. The fourth-order valence-electron chi connectivity index (χ4n) is 2.48. The van der Waals surface area contributed by atoms with E-state index >= 15 is 0 Å². The van der Waals surface area contributed by atoms with Gasteiger partial charge in [0.2, 0.25) is 0 Å². The Morgan fingerprint density at radius 2 is 2.33 bits per heavy atom. The van der Waals surface area contributed by atoms with Gasteiger partial charge < -0.3 is 16.2 Å². The topological polar surface area (TPSA) is 101 Å². The standard InChI is InChI=1S/C12H18N4O2/c13-12(18)10-6-14-7-11(16-10)15-9-3-1-2-8(9)4-5-17/h6-9,17H,1-5H2,(H2,13,18)(H,15,16). The summed E-state index contributed by atoms with van der Waals surface area (Å²) in [6.07, 6.45) is 7.04. The molecule has 6 nitrogen and oxygen atoms in total. The van der Waals surface area contributed by atoms with E-state index in [1.807, 2.05) is 0 Å². The average molecular weight is 250 g/mol. The summed E-state index contributed by atoms with van der Waals surface area (Å²) < 4.78 is 0. The third-order valence-corrected chi connectivity index (χ3v) is 3.38. The first kappa shape index (κ1) is 12.8. The number of rotatable bonds is 5. The molecule has 1 fully saturated rings. The molecular weight excluding hydrogens is 232 g/mol. The molecule has 2 rings (SSSR count). The maximum absolute atomic E-state index is 11.0. The Labute approximate surface area is 106 Å². The summed E-state index contributed by atoms with van der Waals surface area (Å²) in [6, 6.07) is 0.287. The zero-order chi connectivity index (χ0) is 13.0. The van der Waals surface area contributed by atoms with Gasteiger partial charge in [0, 0.05) is 12.6 Å². The van der Waals surface area contributed by atoms with E-state index in [1.165, 1.54) is 6.20 Å². The van der Waals surface area contributed by atoms with Crippen molar-refractivity contribution < 1.29 is 9.90 Å². The maximum atomic E-state index is 11.0. The van der Waals surface area contributed by atoms with E-state index in [2.05, 4.69) is 15.3 Å². The smallest absolute Gasteiger partial charge is 0.268 e. The molecule has 1 aromatic heterocycles. The molecule has 98 valence electrons. The van der Waals surface area contributed by atoms with Crippen molar-refractivity contribution in [3.8, 4) is 0 Å². The van der Waals surface area contributed by atoms with Crippen LogP contribution in [-0.4, -0.2) is 33.6 Å². The van der Waals surface area contributed by atoms with Gasteiger partial charge in [-0.25, -0.2) is 4.98 Å². The molecule has 0 saturated heterocycles. The van der Waals surface area contributed by atoms with Crippen LogP contribution >= 0.6 is 0 Å². The normalized spacial score (nSPS) is 22.9. The van der Waals surface area contributed by atoms with E-state index < -0.39 is 5.91 Å². The molecule has 0 radical (unpaired) electrons. The number of nitrogens with two attached hydrogens (primary N) is 1. The lowest BCUT2D eigenvalue weighted by Crippen LogP contribution is -2.26. The summed E-state index contributed by atoms with van der Waals surface area (Å²) >= 11 is 0. The summed E-state index contributed by atoms with van der Waals surface area (Å²) in [5, 5.41) is 12.3. The third kappa shape index (κ3) is 2.95. The maximum Gasteiger partial charge on any atom is 0.268 e. The van der Waals surface area contributed by atoms with Crippen molar-refractivity contribution in [2.45, 2.75) is 31.7 Å². The molecule has 2 unspecified atom stereocenters. The number of carbonyl (C=O) groups excluding carboxylic acids is 1. The van der Waals surface area contributed by atoms with Gasteiger partial charge in [-0.3, -0.25) is 9.78 Å². The zero-order valence-electron chi connectivity index (χ0n) is 10.2. The van der Waals surface area contributed by atoms with E-state index in [-0.39, 0.29) is 18.3 Å². The van der Waals surface area contributed by atoms with Crippen LogP contribution in [0.15, 0.2) is 12.4 Å². The van der Waals surface area contributed by atoms with Crippen LogP contribution in [0.25, 0.3) is 0 Å². The van der Waals surface area contributed by atoms with Crippen molar-refractivity contribution in [1.82, 2.24) is 9.97 Å². The summed E-state index contributed by atoms with van der Waals surface area (Å²) in [5.74, 6) is 0.444. The summed E-state index contributed by atoms with van der Waals surface area (Å²) in [5.41, 5.74) is 5.33. The number of aliphatic hydroxyl groups excluding tert-OH is 1. The number of hydrogen-bond donors (Lipinski definition) is 3. The number of amides is 1. The van der Waals surface area contributed by atoms with E-state index in [9.17, 15) is 4.79 Å². The number of aliphatic hydroxyl groups is 1. The van der Waals surface area contributed by atoms with Gasteiger partial charge in [0.25, 0.3) is 5.91 Å². The van der Waals surface area contributed by atoms with Gasteiger partial charge in [-0.2, -0.15) is 0 Å². The molecule has 0 aromatic carbocycles. The summed E-state index contributed by atoms with van der Waals surface area (Å²) in [7, 11) is 0. The third-order valence-electron chi connectivity index (χ3n) is 3.38. The van der Waals surface area contributed by atoms with Gasteiger partial charge in [-0.15, -0.1) is 0 Å². The van der Waals surface area contributed by atoms with Gasteiger partial charge in [-0.05, 0) is 25.2 Å². The van der Waals surface area contributed by atoms with E-state index in [0.29, 0.717) is 11.7 Å². The van der Waals surface area contributed by atoms with Crippen LogP contribution in [0.4, 0.5) is 5.82 Å². The van der Waals surface area contributed by atoms with Crippen molar-refractivity contribution in [3.63, 3.8) is 0 Å². The van der Waals surface area contributed by atoms with Crippen LogP contribution in [0.2, 0.25) is 0 Å². The van der Waals surface area contributed by atoms with Crippen LogP contribution < -0.4 is 11.1 Å². The first-order chi connectivity index (χ1) is 8.70. The molecule has 1 aliphatic carbocycles. The Kier molecular flexibility index (Phi) is 4.09. The molecule has 1 heterocycles. The number of nitrogens with zero attached hydrogens (tertiary/aromatic N) is 2. The molecule has 18 heavy (non-hydrogen) atoms.